The van der Waals surface area contributed by atoms with Crippen molar-refractivity contribution in [3.05, 3.63) is 68.7 Å². The molecule has 0 saturated heterocycles. The highest BCUT2D eigenvalue weighted by molar-refractivity contribution is 6.32. The van der Waals surface area contributed by atoms with Gasteiger partial charge in [0.1, 0.15) is 17.1 Å². The summed E-state index contributed by atoms with van der Waals surface area (Å²) in [5, 5.41) is 25.4. The maximum atomic E-state index is 12.7. The van der Waals surface area contributed by atoms with Gasteiger partial charge in [0.15, 0.2) is 6.10 Å². The maximum absolute atomic E-state index is 12.7. The number of H-pyrrole nitrogens is 1. The van der Waals surface area contributed by atoms with Crippen LogP contribution in [0.2, 0.25) is 5.02 Å². The lowest BCUT2D eigenvalue weighted by atomic mass is 10.0. The van der Waals surface area contributed by atoms with Crippen LogP contribution in [0.1, 0.15) is 23.6 Å². The number of amides is 1. The normalized spacial score (nSPS) is 13.0. The number of carbonyl (C=O) groups excluding carboxylic acids is 2. The number of phenolic OH excluding ortho intramolecular Hbond substituents is 1. The van der Waals surface area contributed by atoms with Crippen LogP contribution in [0.4, 0.5) is 0 Å². The Morgan fingerprint density at radius 1 is 1.20 bits per heavy atom. The highest BCUT2D eigenvalue weighted by atomic mass is 35.5. The maximum Gasteiger partial charge on any atom is 0.339 e. The Labute approximate surface area is 204 Å². The molecule has 2 aromatic carbocycles. The van der Waals surface area contributed by atoms with Crippen molar-refractivity contribution >= 4 is 45.3 Å². The summed E-state index contributed by atoms with van der Waals surface area (Å²) < 4.78 is 11.0. The summed E-state index contributed by atoms with van der Waals surface area (Å²) in [6, 6.07) is 6.32. The molecular weight excluding hydrogens is 476 g/mol. The van der Waals surface area contributed by atoms with Crippen molar-refractivity contribution < 1.29 is 29.0 Å². The molecule has 182 valence electrons. The second kappa shape index (κ2) is 9.34. The SMILES string of the molecule is Cc1c(C)c2cc(Cl)c(O[C@@H](C)C(=O)N[C@H](Cc3c[nH]c4ccc(O)cc34)C(=O)[O-])cc2oc1=O. The number of aromatic nitrogens is 1. The molecule has 0 aliphatic carbocycles. The van der Waals surface area contributed by atoms with E-state index in [-0.39, 0.29) is 28.5 Å². The number of hydrogen-bond acceptors (Lipinski definition) is 7. The number of aromatic hydroxyl groups is 1. The molecule has 4 rings (SSSR count). The zero-order valence-corrected chi connectivity index (χ0v) is 19.9. The fourth-order valence-corrected chi connectivity index (χ4v) is 4.02. The molecule has 0 fully saturated rings. The number of carboxylic acids is 1. The standard InChI is InChI=1S/C25H23ClN2O7/c1-11-12(2)25(33)35-21-9-22(18(26)8-16(11)21)34-13(3)23(30)28-20(24(31)32)6-14-10-27-19-5-4-15(29)7-17(14)19/h4-5,7-10,13,20,27,29H,6H2,1-3H3,(H,28,30)(H,31,32)/p-1/t13-,20+/m0/s1. The van der Waals surface area contributed by atoms with Gasteiger partial charge < -0.3 is 34.5 Å². The fraction of sp³-hybridized carbons (Fsp3) is 0.240. The number of rotatable bonds is 7. The Morgan fingerprint density at radius 2 is 1.94 bits per heavy atom. The van der Waals surface area contributed by atoms with Gasteiger partial charge in [-0.3, -0.25) is 4.79 Å². The zero-order valence-electron chi connectivity index (χ0n) is 19.1. The van der Waals surface area contributed by atoms with Crippen LogP contribution in [0, 0.1) is 13.8 Å². The van der Waals surface area contributed by atoms with E-state index in [1.165, 1.54) is 25.1 Å². The minimum atomic E-state index is -1.48. The highest BCUT2D eigenvalue weighted by Gasteiger charge is 2.23. The van der Waals surface area contributed by atoms with E-state index < -0.39 is 29.6 Å². The van der Waals surface area contributed by atoms with Crippen molar-refractivity contribution in [3.63, 3.8) is 0 Å². The van der Waals surface area contributed by atoms with E-state index in [4.69, 9.17) is 20.8 Å². The van der Waals surface area contributed by atoms with Crippen molar-refractivity contribution in [2.75, 3.05) is 0 Å². The van der Waals surface area contributed by atoms with Gasteiger partial charge in [-0.25, -0.2) is 4.79 Å². The highest BCUT2D eigenvalue weighted by Crippen LogP contribution is 2.32. The molecule has 2 atom stereocenters. The molecule has 0 bridgehead atoms. The van der Waals surface area contributed by atoms with Crippen molar-refractivity contribution in [1.29, 1.82) is 0 Å². The van der Waals surface area contributed by atoms with Crippen LogP contribution < -0.4 is 20.8 Å². The van der Waals surface area contributed by atoms with E-state index in [0.717, 1.165) is 5.56 Å². The number of phenols is 1. The summed E-state index contributed by atoms with van der Waals surface area (Å²) in [6.45, 7) is 4.86. The molecule has 4 aromatic rings. The molecule has 10 heteroatoms. The molecule has 35 heavy (non-hydrogen) atoms. The number of carbonyl (C=O) groups is 2. The van der Waals surface area contributed by atoms with Gasteiger partial charge in [0.05, 0.1) is 17.0 Å². The Bertz CT molecular complexity index is 1520. The van der Waals surface area contributed by atoms with Gasteiger partial charge in [-0.15, -0.1) is 0 Å². The Balaban J connectivity index is 1.52. The van der Waals surface area contributed by atoms with E-state index in [1.807, 2.05) is 0 Å². The van der Waals surface area contributed by atoms with Crippen LogP contribution in [0.3, 0.4) is 0 Å². The van der Waals surface area contributed by atoms with Crippen molar-refractivity contribution in [1.82, 2.24) is 10.3 Å². The number of halogens is 1. The number of ether oxygens (including phenoxy) is 1. The van der Waals surface area contributed by atoms with Crippen molar-refractivity contribution in [2.45, 2.75) is 39.3 Å². The van der Waals surface area contributed by atoms with Crippen molar-refractivity contribution in [3.8, 4) is 11.5 Å². The van der Waals surface area contributed by atoms with Gasteiger partial charge in [-0.05, 0) is 56.2 Å². The molecule has 0 aliphatic heterocycles. The number of hydrogen-bond donors (Lipinski definition) is 3. The summed E-state index contributed by atoms with van der Waals surface area (Å²) in [7, 11) is 0. The van der Waals surface area contributed by atoms with Crippen LogP contribution in [0.25, 0.3) is 21.9 Å². The number of aromatic amines is 1. The van der Waals surface area contributed by atoms with E-state index >= 15 is 0 Å². The van der Waals surface area contributed by atoms with Gasteiger partial charge in [-0.2, -0.15) is 0 Å². The first-order chi connectivity index (χ1) is 16.5. The average molecular weight is 498 g/mol. The molecule has 1 amide bonds. The summed E-state index contributed by atoms with van der Waals surface area (Å²) >= 11 is 6.33. The average Bonchev–Trinajstić information content (AvgIpc) is 3.20. The minimum Gasteiger partial charge on any atom is -0.548 e. The third-order valence-corrected chi connectivity index (χ3v) is 6.25. The van der Waals surface area contributed by atoms with Gasteiger partial charge in [0, 0.05) is 40.5 Å². The molecular formula is C25H22ClN2O7-. The van der Waals surface area contributed by atoms with Gasteiger partial charge in [0.2, 0.25) is 0 Å². The van der Waals surface area contributed by atoms with E-state index in [2.05, 4.69) is 10.3 Å². The third-order valence-electron chi connectivity index (χ3n) is 5.96. The molecule has 3 N–H and O–H groups in total. The predicted molar refractivity (Wildman–Crippen MR) is 128 cm³/mol. The molecule has 0 spiro atoms. The molecule has 9 nitrogen and oxygen atoms in total. The first-order valence-corrected chi connectivity index (χ1v) is 11.1. The van der Waals surface area contributed by atoms with E-state index in [0.29, 0.717) is 27.4 Å². The number of aliphatic carboxylic acids is 1. The predicted octanol–water partition coefficient (Wildman–Crippen LogP) is 2.49. The summed E-state index contributed by atoms with van der Waals surface area (Å²) in [6.07, 6.45) is 0.403. The monoisotopic (exact) mass is 497 g/mol. The lowest BCUT2D eigenvalue weighted by Gasteiger charge is -2.22. The van der Waals surface area contributed by atoms with Crippen LogP contribution in [0.15, 0.2) is 45.7 Å². The molecule has 0 saturated carbocycles. The number of nitrogens with one attached hydrogen (secondary N) is 2. The second-order valence-electron chi connectivity index (χ2n) is 8.31. The lowest BCUT2D eigenvalue weighted by Crippen LogP contribution is -2.52. The lowest BCUT2D eigenvalue weighted by molar-refractivity contribution is -0.308. The zero-order chi connectivity index (χ0) is 25.4. The van der Waals surface area contributed by atoms with Crippen LogP contribution in [0.5, 0.6) is 11.5 Å². The van der Waals surface area contributed by atoms with Crippen molar-refractivity contribution in [2.24, 2.45) is 0 Å². The number of benzene rings is 2. The Hall–Kier alpha value is -3.98. The number of fused-ring (bicyclic) bond motifs is 2. The van der Waals surface area contributed by atoms with E-state index in [9.17, 15) is 24.6 Å². The molecule has 0 aliphatic rings. The quantitative estimate of drug-likeness (QED) is 0.332. The smallest absolute Gasteiger partial charge is 0.339 e. The van der Waals surface area contributed by atoms with Gasteiger partial charge in [0.25, 0.3) is 5.91 Å². The topological polar surface area (TPSA) is 145 Å². The number of carboxylic acid groups (broad SMARTS) is 1. The molecule has 0 radical (unpaired) electrons. The largest absolute Gasteiger partial charge is 0.548 e. The summed E-state index contributed by atoms with van der Waals surface area (Å²) in [5.74, 6) is -2.05. The molecule has 0 unspecified atom stereocenters. The number of aryl methyl sites for hydroxylation is 1. The van der Waals surface area contributed by atoms with Crippen LogP contribution >= 0.6 is 11.6 Å². The molecule has 2 aromatic heterocycles. The van der Waals surface area contributed by atoms with Gasteiger partial charge >= 0.3 is 5.63 Å². The third kappa shape index (κ3) is 4.81. The first-order valence-electron chi connectivity index (χ1n) is 10.8. The van der Waals surface area contributed by atoms with Crippen LogP contribution in [-0.4, -0.2) is 34.1 Å². The first kappa shape index (κ1) is 24.2. The second-order valence-corrected chi connectivity index (χ2v) is 8.71. The minimum absolute atomic E-state index is 0.0304. The van der Waals surface area contributed by atoms with Crippen LogP contribution in [-0.2, 0) is 16.0 Å². The fourth-order valence-electron chi connectivity index (χ4n) is 3.82. The Kier molecular flexibility index (Phi) is 6.45. The summed E-state index contributed by atoms with van der Waals surface area (Å²) in [5.41, 5.74) is 2.24. The Morgan fingerprint density at radius 3 is 2.66 bits per heavy atom. The summed E-state index contributed by atoms with van der Waals surface area (Å²) in [4.78, 5) is 39.5. The van der Waals surface area contributed by atoms with Gasteiger partial charge in [-0.1, -0.05) is 11.6 Å². The molecule has 2 heterocycles. The van der Waals surface area contributed by atoms with E-state index in [1.54, 1.807) is 32.2 Å².